The van der Waals surface area contributed by atoms with Crippen molar-refractivity contribution >= 4 is 11.9 Å². The van der Waals surface area contributed by atoms with E-state index in [9.17, 15) is 18.0 Å². The van der Waals surface area contributed by atoms with Crippen LogP contribution in [0.4, 0.5) is 13.2 Å². The number of carbonyl (C=O) groups is 2. The molecule has 0 atom stereocenters. The first-order chi connectivity index (χ1) is 8.64. The minimum absolute atomic E-state index is 0.266. The summed E-state index contributed by atoms with van der Waals surface area (Å²) in [6.45, 7) is 2.15. The van der Waals surface area contributed by atoms with Crippen molar-refractivity contribution in [2.75, 3.05) is 27.2 Å². The number of rotatable bonds is 2. The summed E-state index contributed by atoms with van der Waals surface area (Å²) in [5.74, 6) is -1.88. The molecule has 0 aromatic carbocycles. The Balaban J connectivity index is 0.000000399. The number of piperidine rings is 1. The third-order valence-corrected chi connectivity index (χ3v) is 2.66. The lowest BCUT2D eigenvalue weighted by Crippen LogP contribution is -2.31. The summed E-state index contributed by atoms with van der Waals surface area (Å²) in [6.07, 6.45) is -2.05. The summed E-state index contributed by atoms with van der Waals surface area (Å²) in [6, 6.07) is 0. The molecule has 1 heterocycles. The summed E-state index contributed by atoms with van der Waals surface area (Å²) >= 11 is 0. The highest BCUT2D eigenvalue weighted by Gasteiger charge is 2.38. The average Bonchev–Trinajstić information content (AvgIpc) is 2.29. The van der Waals surface area contributed by atoms with Crippen LogP contribution >= 0.6 is 0 Å². The number of nitrogens with zero attached hydrogens (tertiary/aromatic N) is 1. The number of hydrogen-bond donors (Lipinski definition) is 2. The summed E-state index contributed by atoms with van der Waals surface area (Å²) < 4.78 is 31.7. The van der Waals surface area contributed by atoms with Gasteiger partial charge in [0, 0.05) is 20.5 Å². The topological polar surface area (TPSA) is 69.6 Å². The van der Waals surface area contributed by atoms with Crippen molar-refractivity contribution in [2.45, 2.75) is 25.4 Å². The molecule has 1 aliphatic rings. The first-order valence-electron chi connectivity index (χ1n) is 5.85. The van der Waals surface area contributed by atoms with Crippen LogP contribution in [0.5, 0.6) is 0 Å². The van der Waals surface area contributed by atoms with E-state index in [1.54, 1.807) is 4.90 Å². The van der Waals surface area contributed by atoms with Crippen LogP contribution in [0.3, 0.4) is 0 Å². The standard InChI is InChI=1S/C9H18N2O.C2HF3O2/c1-11(2)9(12)7-8-3-5-10-6-4-8;3-2(4,5)1(6)7/h8,10H,3-7H2,1-2H3;(H,6,7). The largest absolute Gasteiger partial charge is 0.490 e. The molecule has 112 valence electrons. The molecule has 1 amide bonds. The maximum atomic E-state index is 11.3. The minimum atomic E-state index is -5.08. The summed E-state index contributed by atoms with van der Waals surface area (Å²) in [5, 5.41) is 10.4. The van der Waals surface area contributed by atoms with Gasteiger partial charge in [-0.05, 0) is 31.8 Å². The van der Waals surface area contributed by atoms with Gasteiger partial charge < -0.3 is 15.3 Å². The smallest absolute Gasteiger partial charge is 0.475 e. The first kappa shape index (κ1) is 17.7. The van der Waals surface area contributed by atoms with Crippen LogP contribution in [0.15, 0.2) is 0 Å². The van der Waals surface area contributed by atoms with Crippen LogP contribution in [-0.4, -0.2) is 55.2 Å². The van der Waals surface area contributed by atoms with E-state index in [0.29, 0.717) is 5.92 Å². The number of carbonyl (C=O) groups excluding carboxylic acids is 1. The molecule has 0 aromatic heterocycles. The van der Waals surface area contributed by atoms with E-state index in [4.69, 9.17) is 9.90 Å². The molecule has 0 saturated carbocycles. The number of aliphatic carboxylic acids is 1. The molecule has 1 aliphatic heterocycles. The van der Waals surface area contributed by atoms with Gasteiger partial charge in [-0.15, -0.1) is 0 Å². The Hall–Kier alpha value is -1.31. The van der Waals surface area contributed by atoms with Gasteiger partial charge in [0.25, 0.3) is 0 Å². The summed E-state index contributed by atoms with van der Waals surface area (Å²) in [4.78, 5) is 21.9. The first-order valence-corrected chi connectivity index (χ1v) is 5.85. The lowest BCUT2D eigenvalue weighted by molar-refractivity contribution is -0.192. The van der Waals surface area contributed by atoms with E-state index < -0.39 is 12.1 Å². The highest BCUT2D eigenvalue weighted by Crippen LogP contribution is 2.16. The molecule has 0 bridgehead atoms. The highest BCUT2D eigenvalue weighted by atomic mass is 19.4. The van der Waals surface area contributed by atoms with Gasteiger partial charge in [-0.2, -0.15) is 13.2 Å². The quantitative estimate of drug-likeness (QED) is 0.796. The Morgan fingerprint density at radius 3 is 2.00 bits per heavy atom. The van der Waals surface area contributed by atoms with Gasteiger partial charge in [0.05, 0.1) is 0 Å². The molecule has 5 nitrogen and oxygen atoms in total. The van der Waals surface area contributed by atoms with Gasteiger partial charge in [0.2, 0.25) is 5.91 Å². The number of alkyl halides is 3. The lowest BCUT2D eigenvalue weighted by atomic mass is 9.94. The highest BCUT2D eigenvalue weighted by molar-refractivity contribution is 5.75. The fraction of sp³-hybridized carbons (Fsp3) is 0.818. The predicted molar refractivity (Wildman–Crippen MR) is 62.6 cm³/mol. The van der Waals surface area contributed by atoms with Crippen LogP contribution in [-0.2, 0) is 9.59 Å². The van der Waals surface area contributed by atoms with Gasteiger partial charge in [-0.3, -0.25) is 4.79 Å². The Morgan fingerprint density at radius 1 is 1.26 bits per heavy atom. The molecule has 0 aromatic rings. The van der Waals surface area contributed by atoms with Crippen LogP contribution in [0.2, 0.25) is 0 Å². The van der Waals surface area contributed by atoms with Gasteiger partial charge in [0.1, 0.15) is 0 Å². The zero-order chi connectivity index (χ0) is 15.1. The molecule has 2 N–H and O–H groups in total. The van der Waals surface area contributed by atoms with Crippen molar-refractivity contribution in [1.29, 1.82) is 0 Å². The van der Waals surface area contributed by atoms with Crippen molar-refractivity contribution in [2.24, 2.45) is 5.92 Å². The second-order valence-corrected chi connectivity index (χ2v) is 4.49. The fourth-order valence-corrected chi connectivity index (χ4v) is 1.52. The molecule has 0 aliphatic carbocycles. The van der Waals surface area contributed by atoms with Crippen molar-refractivity contribution in [3.63, 3.8) is 0 Å². The van der Waals surface area contributed by atoms with Gasteiger partial charge >= 0.3 is 12.1 Å². The van der Waals surface area contributed by atoms with E-state index in [2.05, 4.69) is 5.32 Å². The third-order valence-electron chi connectivity index (χ3n) is 2.66. The minimum Gasteiger partial charge on any atom is -0.475 e. The third kappa shape index (κ3) is 8.41. The van der Waals surface area contributed by atoms with Gasteiger partial charge in [-0.25, -0.2) is 4.79 Å². The molecule has 8 heteroatoms. The summed E-state index contributed by atoms with van der Waals surface area (Å²) in [7, 11) is 3.65. The molecule has 1 saturated heterocycles. The van der Waals surface area contributed by atoms with Gasteiger partial charge in [-0.1, -0.05) is 0 Å². The van der Waals surface area contributed by atoms with Gasteiger partial charge in [0.15, 0.2) is 0 Å². The van der Waals surface area contributed by atoms with Crippen LogP contribution in [0, 0.1) is 5.92 Å². The normalized spacial score (nSPS) is 16.3. The maximum Gasteiger partial charge on any atom is 0.490 e. The van der Waals surface area contributed by atoms with Crippen LogP contribution in [0.25, 0.3) is 0 Å². The van der Waals surface area contributed by atoms with E-state index in [1.165, 1.54) is 0 Å². The molecule has 0 spiro atoms. The number of amides is 1. The monoisotopic (exact) mass is 284 g/mol. The van der Waals surface area contributed by atoms with Crippen molar-refractivity contribution in [3.05, 3.63) is 0 Å². The number of carboxylic acid groups (broad SMARTS) is 1. The second kappa shape index (κ2) is 7.98. The Labute approximate surface area is 109 Å². The Morgan fingerprint density at radius 2 is 1.68 bits per heavy atom. The zero-order valence-corrected chi connectivity index (χ0v) is 11.0. The molecule has 0 radical (unpaired) electrons. The van der Waals surface area contributed by atoms with E-state index >= 15 is 0 Å². The number of halogens is 3. The molecule has 1 rings (SSSR count). The maximum absolute atomic E-state index is 11.3. The zero-order valence-electron chi connectivity index (χ0n) is 11.0. The van der Waals surface area contributed by atoms with Crippen molar-refractivity contribution in [3.8, 4) is 0 Å². The number of carboxylic acids is 1. The Kier molecular flexibility index (Phi) is 7.43. The predicted octanol–water partition coefficient (Wildman–Crippen LogP) is 1.10. The fourth-order valence-electron chi connectivity index (χ4n) is 1.52. The van der Waals surface area contributed by atoms with Crippen LogP contribution in [0.1, 0.15) is 19.3 Å². The van der Waals surface area contributed by atoms with Crippen molar-refractivity contribution in [1.82, 2.24) is 10.2 Å². The SMILES string of the molecule is CN(C)C(=O)CC1CCNCC1.O=C(O)C(F)(F)F. The van der Waals surface area contributed by atoms with E-state index in [0.717, 1.165) is 32.4 Å². The molecular weight excluding hydrogens is 265 g/mol. The molecule has 1 fully saturated rings. The average molecular weight is 284 g/mol. The second-order valence-electron chi connectivity index (χ2n) is 4.49. The summed E-state index contributed by atoms with van der Waals surface area (Å²) in [5.41, 5.74) is 0. The number of nitrogens with one attached hydrogen (secondary N) is 1. The van der Waals surface area contributed by atoms with Crippen LogP contribution < -0.4 is 5.32 Å². The van der Waals surface area contributed by atoms with E-state index in [-0.39, 0.29) is 5.91 Å². The van der Waals surface area contributed by atoms with Crippen molar-refractivity contribution < 1.29 is 27.9 Å². The molecule has 19 heavy (non-hydrogen) atoms. The molecule has 0 unspecified atom stereocenters. The number of hydrogen-bond acceptors (Lipinski definition) is 3. The lowest BCUT2D eigenvalue weighted by Gasteiger charge is -2.23. The van der Waals surface area contributed by atoms with E-state index in [1.807, 2.05) is 14.1 Å². The Bertz CT molecular complexity index is 300. The molecular formula is C11H19F3N2O3.